The predicted molar refractivity (Wildman–Crippen MR) is 138 cm³/mol. The van der Waals surface area contributed by atoms with Gasteiger partial charge >= 0.3 is 0 Å². The lowest BCUT2D eigenvalue weighted by atomic mass is 10.2. The standard InChI is InChI=1S/C21H22FIN6O2.2ClH/c1-2-29(9-7-25-20(30)14-5-6-24-19(22)11-14)10-8-26-21(31)18-13-27-17-12-15(23)3-4-16(17)28-18;;/h3-6,11-13H,2,7-10H2,1H3,(H,25,30)(H,26,31);2*1H. The number of likely N-dealkylation sites (N-methyl/N-ethyl adjacent to an activating group) is 1. The lowest BCUT2D eigenvalue weighted by molar-refractivity contribution is 0.0943. The summed E-state index contributed by atoms with van der Waals surface area (Å²) >= 11 is 2.20. The molecule has 8 nitrogen and oxygen atoms in total. The quantitative estimate of drug-likeness (QED) is 0.286. The van der Waals surface area contributed by atoms with Gasteiger partial charge in [0.1, 0.15) is 5.69 Å². The monoisotopic (exact) mass is 608 g/mol. The summed E-state index contributed by atoms with van der Waals surface area (Å²) in [6.07, 6.45) is 2.73. The lowest BCUT2D eigenvalue weighted by Crippen LogP contribution is -2.39. The molecule has 0 fully saturated rings. The molecule has 2 amide bonds. The van der Waals surface area contributed by atoms with E-state index in [0.29, 0.717) is 31.7 Å². The number of fused-ring (bicyclic) bond motifs is 1. The van der Waals surface area contributed by atoms with Crippen LogP contribution in [0.1, 0.15) is 27.8 Å². The first kappa shape index (κ1) is 28.9. The van der Waals surface area contributed by atoms with Crippen LogP contribution in [0.4, 0.5) is 4.39 Å². The number of hydrogen-bond donors (Lipinski definition) is 2. The molecule has 0 aliphatic heterocycles. The fourth-order valence-corrected chi connectivity index (χ4v) is 3.39. The SMILES string of the molecule is CCN(CCNC(=O)c1ccnc(F)c1)CCNC(=O)c1cnc2cc(I)ccc2n1.Cl.Cl. The van der Waals surface area contributed by atoms with E-state index in [4.69, 9.17) is 0 Å². The largest absolute Gasteiger partial charge is 0.351 e. The van der Waals surface area contributed by atoms with Gasteiger partial charge in [-0.1, -0.05) is 6.92 Å². The number of aromatic nitrogens is 3. The molecular weight excluding hydrogens is 585 g/mol. The Morgan fingerprint density at radius 2 is 1.70 bits per heavy atom. The molecule has 0 spiro atoms. The first-order chi connectivity index (χ1) is 15.0. The molecule has 2 aromatic heterocycles. The van der Waals surface area contributed by atoms with Crippen LogP contribution in [0.5, 0.6) is 0 Å². The van der Waals surface area contributed by atoms with Crippen molar-refractivity contribution in [1.82, 2.24) is 30.5 Å². The van der Waals surface area contributed by atoms with E-state index in [-0.39, 0.29) is 47.9 Å². The van der Waals surface area contributed by atoms with Gasteiger partial charge in [-0.3, -0.25) is 14.6 Å². The molecule has 0 atom stereocenters. The Labute approximate surface area is 217 Å². The number of hydrogen-bond acceptors (Lipinski definition) is 6. The minimum Gasteiger partial charge on any atom is -0.351 e. The summed E-state index contributed by atoms with van der Waals surface area (Å²) < 4.78 is 14.2. The molecule has 178 valence electrons. The molecule has 0 saturated carbocycles. The van der Waals surface area contributed by atoms with Crippen LogP contribution in [-0.2, 0) is 0 Å². The van der Waals surface area contributed by atoms with Crippen LogP contribution in [0.15, 0.2) is 42.7 Å². The first-order valence-electron chi connectivity index (χ1n) is 9.79. The Morgan fingerprint density at radius 3 is 2.36 bits per heavy atom. The van der Waals surface area contributed by atoms with Crippen molar-refractivity contribution in [1.29, 1.82) is 0 Å². The van der Waals surface area contributed by atoms with Crippen molar-refractivity contribution < 1.29 is 14.0 Å². The average Bonchev–Trinajstić information content (AvgIpc) is 2.77. The zero-order valence-electron chi connectivity index (χ0n) is 17.8. The molecule has 3 aromatic rings. The Hall–Kier alpha value is -2.15. The van der Waals surface area contributed by atoms with Crippen molar-refractivity contribution in [3.63, 3.8) is 0 Å². The molecular formula is C21H24Cl2FIN6O2. The average molecular weight is 609 g/mol. The second-order valence-electron chi connectivity index (χ2n) is 6.70. The zero-order valence-corrected chi connectivity index (χ0v) is 21.5. The third-order valence-electron chi connectivity index (χ3n) is 4.60. The van der Waals surface area contributed by atoms with Crippen LogP contribution in [-0.4, -0.2) is 64.4 Å². The van der Waals surface area contributed by atoms with Gasteiger partial charge in [-0.05, 0) is 53.4 Å². The molecule has 33 heavy (non-hydrogen) atoms. The zero-order chi connectivity index (χ0) is 22.2. The summed E-state index contributed by atoms with van der Waals surface area (Å²) in [4.78, 5) is 38.6. The highest BCUT2D eigenvalue weighted by Gasteiger charge is 2.11. The van der Waals surface area contributed by atoms with Gasteiger partial charge in [-0.2, -0.15) is 4.39 Å². The number of rotatable bonds is 9. The van der Waals surface area contributed by atoms with E-state index in [0.717, 1.165) is 21.7 Å². The Bertz CT molecular complexity index is 1090. The summed E-state index contributed by atoms with van der Waals surface area (Å²) in [6.45, 7) is 4.80. The highest BCUT2D eigenvalue weighted by Crippen LogP contribution is 2.13. The van der Waals surface area contributed by atoms with Crippen LogP contribution >= 0.6 is 47.4 Å². The van der Waals surface area contributed by atoms with E-state index in [1.54, 1.807) is 0 Å². The highest BCUT2D eigenvalue weighted by atomic mass is 127. The van der Waals surface area contributed by atoms with E-state index in [1.807, 2.05) is 25.1 Å². The van der Waals surface area contributed by atoms with E-state index >= 15 is 0 Å². The molecule has 0 unspecified atom stereocenters. The number of amides is 2. The van der Waals surface area contributed by atoms with Crippen LogP contribution in [0.3, 0.4) is 0 Å². The molecule has 0 aliphatic rings. The third-order valence-corrected chi connectivity index (χ3v) is 5.27. The van der Waals surface area contributed by atoms with Crippen molar-refractivity contribution in [2.75, 3.05) is 32.7 Å². The summed E-state index contributed by atoms with van der Waals surface area (Å²) in [5.74, 6) is -1.32. The Morgan fingerprint density at radius 1 is 1.00 bits per heavy atom. The van der Waals surface area contributed by atoms with Crippen LogP contribution < -0.4 is 10.6 Å². The fourth-order valence-electron chi connectivity index (χ4n) is 2.91. The molecule has 2 heterocycles. The van der Waals surface area contributed by atoms with Crippen molar-refractivity contribution in [2.45, 2.75) is 6.92 Å². The fraction of sp³-hybridized carbons (Fsp3) is 0.286. The number of nitrogens with zero attached hydrogens (tertiary/aromatic N) is 4. The second kappa shape index (κ2) is 14.2. The second-order valence-corrected chi connectivity index (χ2v) is 7.95. The Kier molecular flexibility index (Phi) is 12.4. The topological polar surface area (TPSA) is 100 Å². The number of halogens is 4. The number of pyridine rings is 1. The predicted octanol–water partition coefficient (Wildman–Crippen LogP) is 3.09. The van der Waals surface area contributed by atoms with Crippen LogP contribution in [0.2, 0.25) is 0 Å². The molecule has 0 saturated heterocycles. The number of carbonyl (C=O) groups is 2. The highest BCUT2D eigenvalue weighted by molar-refractivity contribution is 14.1. The minimum atomic E-state index is -0.690. The molecule has 0 aliphatic carbocycles. The van der Waals surface area contributed by atoms with Gasteiger partial charge in [0.2, 0.25) is 5.95 Å². The van der Waals surface area contributed by atoms with Gasteiger partial charge in [0, 0.05) is 47.6 Å². The van der Waals surface area contributed by atoms with Crippen molar-refractivity contribution in [3.8, 4) is 0 Å². The van der Waals surface area contributed by atoms with E-state index < -0.39 is 5.95 Å². The van der Waals surface area contributed by atoms with Gasteiger partial charge in [0.15, 0.2) is 0 Å². The number of carbonyl (C=O) groups excluding carboxylic acids is 2. The smallest absolute Gasteiger partial charge is 0.271 e. The number of nitrogens with one attached hydrogen (secondary N) is 2. The van der Waals surface area contributed by atoms with Gasteiger partial charge in [-0.25, -0.2) is 9.97 Å². The molecule has 0 bridgehead atoms. The summed E-state index contributed by atoms with van der Waals surface area (Å²) in [5.41, 5.74) is 1.92. The summed E-state index contributed by atoms with van der Waals surface area (Å²) in [6, 6.07) is 8.23. The van der Waals surface area contributed by atoms with E-state index in [2.05, 4.69) is 53.1 Å². The van der Waals surface area contributed by atoms with Crippen LogP contribution in [0, 0.1) is 9.52 Å². The van der Waals surface area contributed by atoms with Gasteiger partial charge in [0.05, 0.1) is 17.2 Å². The summed E-state index contributed by atoms with van der Waals surface area (Å²) in [5, 5.41) is 5.61. The van der Waals surface area contributed by atoms with Crippen LogP contribution in [0.25, 0.3) is 11.0 Å². The van der Waals surface area contributed by atoms with Gasteiger partial charge < -0.3 is 15.5 Å². The number of benzene rings is 1. The molecule has 3 rings (SSSR count). The lowest BCUT2D eigenvalue weighted by Gasteiger charge is -2.20. The maximum absolute atomic E-state index is 13.1. The molecule has 12 heteroatoms. The van der Waals surface area contributed by atoms with Crippen molar-refractivity contribution in [2.24, 2.45) is 0 Å². The molecule has 1 aromatic carbocycles. The summed E-state index contributed by atoms with van der Waals surface area (Å²) in [7, 11) is 0. The third kappa shape index (κ3) is 8.61. The van der Waals surface area contributed by atoms with Gasteiger partial charge in [-0.15, -0.1) is 24.8 Å². The maximum atomic E-state index is 13.1. The van der Waals surface area contributed by atoms with Gasteiger partial charge in [0.25, 0.3) is 11.8 Å². The normalized spacial score (nSPS) is 10.3. The van der Waals surface area contributed by atoms with Crippen molar-refractivity contribution in [3.05, 3.63) is 63.5 Å². The molecule has 0 radical (unpaired) electrons. The molecule has 2 N–H and O–H groups in total. The van der Waals surface area contributed by atoms with E-state index in [1.165, 1.54) is 18.5 Å². The maximum Gasteiger partial charge on any atom is 0.271 e. The Balaban J connectivity index is 0.00000272. The first-order valence-corrected chi connectivity index (χ1v) is 10.9. The van der Waals surface area contributed by atoms with E-state index in [9.17, 15) is 14.0 Å². The minimum absolute atomic E-state index is 0. The van der Waals surface area contributed by atoms with Crippen molar-refractivity contribution >= 4 is 70.3 Å².